The summed E-state index contributed by atoms with van der Waals surface area (Å²) < 4.78 is 12.0. The number of hydrogen-bond donors (Lipinski definition) is 0. The van der Waals surface area contributed by atoms with Gasteiger partial charge in [0, 0.05) is 24.2 Å². The summed E-state index contributed by atoms with van der Waals surface area (Å²) in [6.07, 6.45) is 3.04. The van der Waals surface area contributed by atoms with Gasteiger partial charge in [-0.1, -0.05) is 36.9 Å². The second kappa shape index (κ2) is 6.20. The highest BCUT2D eigenvalue weighted by Gasteiger charge is 2.58. The van der Waals surface area contributed by atoms with E-state index in [2.05, 4.69) is 43.5 Å². The van der Waals surface area contributed by atoms with E-state index in [0.29, 0.717) is 11.5 Å². The van der Waals surface area contributed by atoms with Crippen LogP contribution in [-0.2, 0) is 10.2 Å². The Hall–Kier alpha value is -3.60. The number of ether oxygens (including phenoxy) is 2. The Labute approximate surface area is 175 Å². The maximum atomic E-state index is 11.6. The highest BCUT2D eigenvalue weighted by molar-refractivity contribution is 6.00. The number of anilines is 1. The third-order valence-corrected chi connectivity index (χ3v) is 6.28. The molecule has 0 saturated heterocycles. The van der Waals surface area contributed by atoms with E-state index in [1.165, 1.54) is 5.56 Å². The smallest absolute Gasteiger partial charge is 0.335 e. The maximum absolute atomic E-state index is 11.6. The van der Waals surface area contributed by atoms with Gasteiger partial charge >= 0.3 is 5.97 Å². The van der Waals surface area contributed by atoms with Crippen LogP contribution in [0, 0.1) is 0 Å². The first-order valence-electron chi connectivity index (χ1n) is 9.86. The van der Waals surface area contributed by atoms with Gasteiger partial charge in [-0.25, -0.2) is 4.79 Å². The molecule has 5 rings (SSSR count). The average molecular weight is 398 g/mol. The molecule has 2 heterocycles. The van der Waals surface area contributed by atoms with Gasteiger partial charge in [-0.3, -0.25) is 4.99 Å². The van der Waals surface area contributed by atoms with Crippen LogP contribution >= 0.6 is 0 Å². The lowest BCUT2D eigenvalue weighted by Gasteiger charge is -2.45. The van der Waals surface area contributed by atoms with Crippen LogP contribution in [0.5, 0.6) is 11.5 Å². The Morgan fingerprint density at radius 2 is 1.93 bits per heavy atom. The van der Waals surface area contributed by atoms with Crippen molar-refractivity contribution in [3.8, 4) is 11.5 Å². The zero-order valence-electron chi connectivity index (χ0n) is 17.2. The van der Waals surface area contributed by atoms with Gasteiger partial charge in [0.1, 0.15) is 17.2 Å². The lowest BCUT2D eigenvalue weighted by Crippen LogP contribution is -2.61. The van der Waals surface area contributed by atoms with Crippen molar-refractivity contribution in [2.45, 2.75) is 25.0 Å². The molecule has 0 amide bonds. The average Bonchev–Trinajstić information content (AvgIpc) is 2.92. The second-order valence-corrected chi connectivity index (χ2v) is 8.18. The van der Waals surface area contributed by atoms with Gasteiger partial charge < -0.3 is 14.4 Å². The van der Waals surface area contributed by atoms with E-state index < -0.39 is 11.7 Å². The molecular weight excluding hydrogens is 376 g/mol. The molecule has 1 spiro atoms. The summed E-state index contributed by atoms with van der Waals surface area (Å²) in [4.78, 5) is 18.6. The standard InChI is InChI=1S/C25H22N2O3/c1-5-22(28)29-17-12-10-16-11-13-21-23(18(16)14-17)26-15-25(30-21)24(2,3)19-8-6-7-9-20(19)27(25)4/h5-15H,1H2,2-4H3. The van der Waals surface area contributed by atoms with E-state index in [4.69, 9.17) is 14.5 Å². The number of esters is 1. The molecule has 0 aromatic heterocycles. The number of benzene rings is 3. The molecule has 0 saturated carbocycles. The number of carbonyl (C=O) groups is 1. The fraction of sp³-hybridized carbons (Fsp3) is 0.200. The monoisotopic (exact) mass is 398 g/mol. The molecule has 3 aromatic rings. The SMILES string of the molecule is C=CC(=O)Oc1ccc2ccc3c(c2c1)N=CC1(O3)N(C)c2ccccc2C1(C)C. The second-order valence-electron chi connectivity index (χ2n) is 8.18. The molecule has 0 fully saturated rings. The van der Waals surface area contributed by atoms with Crippen LogP contribution in [0.25, 0.3) is 10.8 Å². The number of rotatable bonds is 2. The molecule has 0 bridgehead atoms. The molecule has 0 radical (unpaired) electrons. The van der Waals surface area contributed by atoms with Crippen molar-refractivity contribution in [1.29, 1.82) is 0 Å². The predicted octanol–water partition coefficient (Wildman–Crippen LogP) is 5.15. The number of para-hydroxylation sites is 1. The van der Waals surface area contributed by atoms with Gasteiger partial charge in [0.15, 0.2) is 0 Å². The number of likely N-dealkylation sites (N-methyl/N-ethyl adjacent to an activating group) is 1. The van der Waals surface area contributed by atoms with Crippen molar-refractivity contribution >= 4 is 34.3 Å². The van der Waals surface area contributed by atoms with Crippen molar-refractivity contribution in [2.75, 3.05) is 11.9 Å². The van der Waals surface area contributed by atoms with E-state index >= 15 is 0 Å². The summed E-state index contributed by atoms with van der Waals surface area (Å²) in [7, 11) is 2.04. The van der Waals surface area contributed by atoms with Crippen molar-refractivity contribution < 1.29 is 14.3 Å². The summed E-state index contributed by atoms with van der Waals surface area (Å²) in [5.41, 5.74) is 2.05. The van der Waals surface area contributed by atoms with E-state index in [9.17, 15) is 4.79 Å². The molecule has 2 aliphatic heterocycles. The van der Waals surface area contributed by atoms with Crippen LogP contribution in [0.2, 0.25) is 0 Å². The minimum absolute atomic E-state index is 0.310. The van der Waals surface area contributed by atoms with E-state index in [1.54, 1.807) is 6.07 Å². The molecule has 5 nitrogen and oxygen atoms in total. The molecule has 1 atom stereocenters. The largest absolute Gasteiger partial charge is 0.459 e. The van der Waals surface area contributed by atoms with Gasteiger partial charge in [0.25, 0.3) is 0 Å². The van der Waals surface area contributed by atoms with Gasteiger partial charge in [-0.05, 0) is 49.1 Å². The summed E-state index contributed by atoms with van der Waals surface area (Å²) in [5, 5.41) is 1.86. The summed E-state index contributed by atoms with van der Waals surface area (Å²) >= 11 is 0. The molecule has 150 valence electrons. The summed E-state index contributed by atoms with van der Waals surface area (Å²) in [5.74, 6) is 0.650. The topological polar surface area (TPSA) is 51.1 Å². The Bertz CT molecular complexity index is 1240. The van der Waals surface area contributed by atoms with Crippen molar-refractivity contribution in [3.05, 3.63) is 72.8 Å². The number of nitrogens with zero attached hydrogens (tertiary/aromatic N) is 2. The van der Waals surface area contributed by atoms with Crippen LogP contribution < -0.4 is 14.4 Å². The Kier molecular flexibility index (Phi) is 3.81. The maximum Gasteiger partial charge on any atom is 0.335 e. The summed E-state index contributed by atoms with van der Waals surface area (Å²) in [6, 6.07) is 17.8. The first kappa shape index (κ1) is 18.4. The van der Waals surface area contributed by atoms with Crippen molar-refractivity contribution in [2.24, 2.45) is 4.99 Å². The molecule has 1 unspecified atom stereocenters. The predicted molar refractivity (Wildman–Crippen MR) is 119 cm³/mol. The summed E-state index contributed by atoms with van der Waals surface area (Å²) in [6.45, 7) is 7.81. The highest BCUT2D eigenvalue weighted by atomic mass is 16.5. The molecule has 2 aliphatic rings. The van der Waals surface area contributed by atoms with E-state index in [-0.39, 0.29) is 5.41 Å². The molecule has 0 N–H and O–H groups in total. The fourth-order valence-corrected chi connectivity index (χ4v) is 4.58. The van der Waals surface area contributed by atoms with Gasteiger partial charge in [-0.15, -0.1) is 0 Å². The minimum Gasteiger partial charge on any atom is -0.459 e. The zero-order valence-corrected chi connectivity index (χ0v) is 17.2. The van der Waals surface area contributed by atoms with Crippen LogP contribution in [0.1, 0.15) is 19.4 Å². The van der Waals surface area contributed by atoms with Crippen LogP contribution in [0.4, 0.5) is 11.4 Å². The first-order valence-corrected chi connectivity index (χ1v) is 9.86. The Morgan fingerprint density at radius 3 is 2.70 bits per heavy atom. The molecular formula is C25H22N2O3. The van der Waals surface area contributed by atoms with Gasteiger partial charge in [0.05, 0.1) is 11.6 Å². The highest BCUT2D eigenvalue weighted by Crippen LogP contribution is 2.54. The van der Waals surface area contributed by atoms with Crippen LogP contribution in [0.15, 0.2) is 72.2 Å². The van der Waals surface area contributed by atoms with E-state index in [1.807, 2.05) is 43.6 Å². The van der Waals surface area contributed by atoms with Crippen LogP contribution in [-0.4, -0.2) is 25.0 Å². The lowest BCUT2D eigenvalue weighted by molar-refractivity contribution is -0.128. The van der Waals surface area contributed by atoms with Gasteiger partial charge in [-0.2, -0.15) is 0 Å². The lowest BCUT2D eigenvalue weighted by atomic mass is 9.77. The fourth-order valence-electron chi connectivity index (χ4n) is 4.58. The van der Waals surface area contributed by atoms with Gasteiger partial charge in [0.2, 0.25) is 5.72 Å². The normalized spacial score (nSPS) is 20.6. The molecule has 30 heavy (non-hydrogen) atoms. The molecule has 0 aliphatic carbocycles. The first-order chi connectivity index (χ1) is 14.4. The molecule has 5 heteroatoms. The van der Waals surface area contributed by atoms with Crippen molar-refractivity contribution in [1.82, 2.24) is 0 Å². The third-order valence-electron chi connectivity index (χ3n) is 6.28. The third kappa shape index (κ3) is 2.35. The number of fused-ring (bicyclic) bond motifs is 4. The Morgan fingerprint density at radius 1 is 1.17 bits per heavy atom. The molecule has 3 aromatic carbocycles. The minimum atomic E-state index is -0.732. The quantitative estimate of drug-likeness (QED) is 0.340. The number of carbonyl (C=O) groups excluding carboxylic acids is 1. The number of aliphatic imine (C=N–C) groups is 1. The van der Waals surface area contributed by atoms with Crippen molar-refractivity contribution in [3.63, 3.8) is 0 Å². The Balaban J connectivity index is 1.63. The van der Waals surface area contributed by atoms with Crippen LogP contribution in [0.3, 0.4) is 0 Å². The zero-order chi connectivity index (χ0) is 21.1. The number of hydrogen-bond acceptors (Lipinski definition) is 5. The van der Waals surface area contributed by atoms with E-state index in [0.717, 1.165) is 28.2 Å².